The van der Waals surface area contributed by atoms with E-state index in [-0.39, 0.29) is 11.7 Å². The number of rotatable bonds is 7. The number of hydrogen-bond acceptors (Lipinski definition) is 4. The van der Waals surface area contributed by atoms with Gasteiger partial charge in [-0.25, -0.2) is 4.98 Å². The highest BCUT2D eigenvalue weighted by Crippen LogP contribution is 2.25. The SMILES string of the molecule is C=CCCC(Nc1ccc([N+](=O)[O-])c(C)n1)c1ccccc1. The van der Waals surface area contributed by atoms with Gasteiger partial charge in [-0.3, -0.25) is 10.1 Å². The molecule has 0 saturated carbocycles. The van der Waals surface area contributed by atoms with Crippen molar-refractivity contribution in [1.82, 2.24) is 4.98 Å². The summed E-state index contributed by atoms with van der Waals surface area (Å²) in [6.07, 6.45) is 3.63. The molecule has 0 aliphatic rings. The van der Waals surface area contributed by atoms with Crippen LogP contribution >= 0.6 is 0 Å². The van der Waals surface area contributed by atoms with Crippen molar-refractivity contribution in [1.29, 1.82) is 0 Å². The molecule has 5 heteroatoms. The average molecular weight is 297 g/mol. The second kappa shape index (κ2) is 7.36. The maximum absolute atomic E-state index is 10.9. The van der Waals surface area contributed by atoms with E-state index in [4.69, 9.17) is 0 Å². The quantitative estimate of drug-likeness (QED) is 0.466. The smallest absolute Gasteiger partial charge is 0.290 e. The van der Waals surface area contributed by atoms with E-state index >= 15 is 0 Å². The van der Waals surface area contributed by atoms with Gasteiger partial charge in [-0.1, -0.05) is 36.4 Å². The average Bonchev–Trinajstić information content (AvgIpc) is 2.52. The Labute approximate surface area is 129 Å². The predicted molar refractivity (Wildman–Crippen MR) is 87.9 cm³/mol. The largest absolute Gasteiger partial charge is 0.363 e. The van der Waals surface area contributed by atoms with Crippen LogP contribution in [0.3, 0.4) is 0 Å². The molecule has 114 valence electrons. The molecule has 5 nitrogen and oxygen atoms in total. The molecule has 1 heterocycles. The maximum atomic E-state index is 10.9. The molecule has 0 radical (unpaired) electrons. The van der Waals surface area contributed by atoms with E-state index in [9.17, 15) is 10.1 Å². The van der Waals surface area contributed by atoms with Crippen LogP contribution in [0.1, 0.15) is 30.1 Å². The van der Waals surface area contributed by atoms with Gasteiger partial charge in [0.1, 0.15) is 11.5 Å². The Balaban J connectivity index is 2.21. The highest BCUT2D eigenvalue weighted by atomic mass is 16.6. The molecule has 2 aromatic rings. The number of nitro groups is 1. The van der Waals surface area contributed by atoms with Gasteiger partial charge in [0.05, 0.1) is 11.0 Å². The monoisotopic (exact) mass is 297 g/mol. The number of nitrogens with one attached hydrogen (secondary N) is 1. The standard InChI is InChI=1S/C17H19N3O2/c1-3-4-10-15(14-8-6-5-7-9-14)19-17-12-11-16(20(21)22)13(2)18-17/h3,5-9,11-12,15H,1,4,10H2,2H3,(H,18,19). The van der Waals surface area contributed by atoms with Gasteiger partial charge < -0.3 is 5.32 Å². The van der Waals surface area contributed by atoms with Crippen molar-refractivity contribution in [2.75, 3.05) is 5.32 Å². The molecule has 0 spiro atoms. The summed E-state index contributed by atoms with van der Waals surface area (Å²) in [5, 5.41) is 14.2. The number of aryl methyl sites for hydroxylation is 1. The summed E-state index contributed by atoms with van der Waals surface area (Å²) in [4.78, 5) is 14.7. The predicted octanol–water partition coefficient (Wildman–Crippen LogP) is 4.42. The molecule has 1 aromatic carbocycles. The Hall–Kier alpha value is -2.69. The number of benzene rings is 1. The van der Waals surface area contributed by atoms with Crippen LogP contribution in [-0.2, 0) is 0 Å². The lowest BCUT2D eigenvalue weighted by Gasteiger charge is -2.19. The minimum Gasteiger partial charge on any atom is -0.363 e. The Morgan fingerprint density at radius 1 is 1.32 bits per heavy atom. The molecule has 0 saturated heterocycles. The zero-order valence-corrected chi connectivity index (χ0v) is 12.5. The summed E-state index contributed by atoms with van der Waals surface area (Å²) in [5.74, 6) is 0.640. The summed E-state index contributed by atoms with van der Waals surface area (Å²) in [5.41, 5.74) is 1.60. The van der Waals surface area contributed by atoms with Crippen molar-refractivity contribution in [3.05, 3.63) is 76.5 Å². The molecule has 0 aliphatic heterocycles. The number of nitrogens with zero attached hydrogens (tertiary/aromatic N) is 2. The van der Waals surface area contributed by atoms with Gasteiger partial charge in [-0.2, -0.15) is 0 Å². The maximum Gasteiger partial charge on any atom is 0.290 e. The second-order valence-corrected chi connectivity index (χ2v) is 5.03. The zero-order chi connectivity index (χ0) is 15.9. The third-order valence-corrected chi connectivity index (χ3v) is 3.44. The van der Waals surface area contributed by atoms with Crippen LogP contribution in [0.5, 0.6) is 0 Å². The summed E-state index contributed by atoms with van der Waals surface area (Å²) in [6.45, 7) is 5.40. The van der Waals surface area contributed by atoms with Crippen LogP contribution in [0.15, 0.2) is 55.1 Å². The Bertz CT molecular complexity index is 656. The molecule has 0 fully saturated rings. The van der Waals surface area contributed by atoms with Gasteiger partial charge in [0.2, 0.25) is 0 Å². The van der Waals surface area contributed by atoms with Gasteiger partial charge in [0, 0.05) is 6.07 Å². The molecular formula is C17H19N3O2. The number of hydrogen-bond donors (Lipinski definition) is 1. The van der Waals surface area contributed by atoms with E-state index in [1.165, 1.54) is 6.07 Å². The van der Waals surface area contributed by atoms with E-state index < -0.39 is 4.92 Å². The van der Waals surface area contributed by atoms with Crippen LogP contribution in [0.4, 0.5) is 11.5 Å². The highest BCUT2D eigenvalue weighted by Gasteiger charge is 2.15. The minimum absolute atomic E-state index is 0.0351. The van der Waals surface area contributed by atoms with Crippen LogP contribution in [0.2, 0.25) is 0 Å². The van der Waals surface area contributed by atoms with Gasteiger partial charge in [-0.15, -0.1) is 6.58 Å². The Morgan fingerprint density at radius 2 is 2.05 bits per heavy atom. The highest BCUT2D eigenvalue weighted by molar-refractivity contribution is 5.46. The third kappa shape index (κ3) is 3.91. The van der Waals surface area contributed by atoms with E-state index in [2.05, 4.69) is 29.0 Å². The molecule has 1 N–H and O–H groups in total. The topological polar surface area (TPSA) is 68.1 Å². The van der Waals surface area contributed by atoms with E-state index in [1.807, 2.05) is 24.3 Å². The molecule has 0 aliphatic carbocycles. The first kappa shape index (κ1) is 15.7. The van der Waals surface area contributed by atoms with Crippen molar-refractivity contribution in [2.24, 2.45) is 0 Å². The molecule has 22 heavy (non-hydrogen) atoms. The van der Waals surface area contributed by atoms with E-state index in [1.54, 1.807) is 13.0 Å². The molecule has 1 atom stereocenters. The Kier molecular flexibility index (Phi) is 5.25. The zero-order valence-electron chi connectivity index (χ0n) is 12.5. The number of pyridine rings is 1. The summed E-state index contributed by atoms with van der Waals surface area (Å²) in [6, 6.07) is 13.3. The number of anilines is 1. The van der Waals surface area contributed by atoms with Crippen molar-refractivity contribution in [2.45, 2.75) is 25.8 Å². The van der Waals surface area contributed by atoms with Crippen LogP contribution in [0.25, 0.3) is 0 Å². The van der Waals surface area contributed by atoms with Gasteiger partial charge >= 0.3 is 0 Å². The fourth-order valence-corrected chi connectivity index (χ4v) is 2.30. The number of aromatic nitrogens is 1. The first-order chi connectivity index (χ1) is 10.6. The van der Waals surface area contributed by atoms with Crippen molar-refractivity contribution < 1.29 is 4.92 Å². The van der Waals surface area contributed by atoms with Gasteiger partial charge in [0.15, 0.2) is 0 Å². The normalized spacial score (nSPS) is 11.7. The van der Waals surface area contributed by atoms with Gasteiger partial charge in [0.25, 0.3) is 5.69 Å². The molecule has 1 unspecified atom stereocenters. The van der Waals surface area contributed by atoms with Crippen LogP contribution < -0.4 is 5.32 Å². The van der Waals surface area contributed by atoms with E-state index in [0.29, 0.717) is 11.5 Å². The second-order valence-electron chi connectivity index (χ2n) is 5.03. The van der Waals surface area contributed by atoms with Gasteiger partial charge in [-0.05, 0) is 31.4 Å². The summed E-state index contributed by atoms with van der Waals surface area (Å²) in [7, 11) is 0. The fourth-order valence-electron chi connectivity index (χ4n) is 2.30. The molecule has 1 aromatic heterocycles. The van der Waals surface area contributed by atoms with Crippen molar-refractivity contribution in [3.8, 4) is 0 Å². The Morgan fingerprint density at radius 3 is 2.64 bits per heavy atom. The minimum atomic E-state index is -0.418. The first-order valence-electron chi connectivity index (χ1n) is 7.16. The number of allylic oxidation sites excluding steroid dienone is 1. The van der Waals surface area contributed by atoms with Crippen molar-refractivity contribution in [3.63, 3.8) is 0 Å². The molecule has 0 amide bonds. The third-order valence-electron chi connectivity index (χ3n) is 3.44. The molecule has 2 rings (SSSR count). The van der Waals surface area contributed by atoms with Crippen LogP contribution in [0, 0.1) is 17.0 Å². The van der Waals surface area contributed by atoms with Crippen LogP contribution in [-0.4, -0.2) is 9.91 Å². The fraction of sp³-hybridized carbons (Fsp3) is 0.235. The van der Waals surface area contributed by atoms with Crippen molar-refractivity contribution >= 4 is 11.5 Å². The van der Waals surface area contributed by atoms with E-state index in [0.717, 1.165) is 18.4 Å². The molecular weight excluding hydrogens is 278 g/mol. The lowest BCUT2D eigenvalue weighted by molar-refractivity contribution is -0.385. The summed E-state index contributed by atoms with van der Waals surface area (Å²) >= 11 is 0. The molecule has 0 bridgehead atoms. The summed E-state index contributed by atoms with van der Waals surface area (Å²) < 4.78 is 0. The lowest BCUT2D eigenvalue weighted by atomic mass is 10.0. The lowest BCUT2D eigenvalue weighted by Crippen LogP contribution is -2.12. The first-order valence-corrected chi connectivity index (χ1v) is 7.16.